The van der Waals surface area contributed by atoms with Gasteiger partial charge in [0.25, 0.3) is 0 Å². The van der Waals surface area contributed by atoms with Gasteiger partial charge in [-0.3, -0.25) is 9.59 Å². The maximum atomic E-state index is 12.4. The third kappa shape index (κ3) is 4.83. The van der Waals surface area contributed by atoms with E-state index in [0.717, 1.165) is 21.7 Å². The van der Waals surface area contributed by atoms with Crippen LogP contribution in [0.4, 0.5) is 5.69 Å². The Hall–Kier alpha value is -2.85. The molecule has 0 unspecified atom stereocenters. The van der Waals surface area contributed by atoms with Crippen molar-refractivity contribution in [1.82, 2.24) is 0 Å². The normalized spacial score (nSPS) is 10.3. The van der Waals surface area contributed by atoms with Gasteiger partial charge in [0.1, 0.15) is 0 Å². The Morgan fingerprint density at radius 3 is 2.04 bits per heavy atom. The van der Waals surface area contributed by atoms with Crippen LogP contribution >= 0.6 is 11.8 Å². The predicted molar refractivity (Wildman–Crippen MR) is 108 cm³/mol. The Kier molecular flexibility index (Phi) is 5.87. The third-order valence-electron chi connectivity index (χ3n) is 3.86. The summed E-state index contributed by atoms with van der Waals surface area (Å²) in [6.07, 6.45) is 0. The van der Waals surface area contributed by atoms with Crippen molar-refractivity contribution >= 4 is 29.1 Å². The molecule has 4 heteroatoms. The van der Waals surface area contributed by atoms with Crippen LogP contribution in [0.3, 0.4) is 0 Å². The van der Waals surface area contributed by atoms with E-state index < -0.39 is 0 Å². The van der Waals surface area contributed by atoms with Gasteiger partial charge in [-0.2, -0.15) is 0 Å². The average Bonchev–Trinajstić information content (AvgIpc) is 2.67. The summed E-state index contributed by atoms with van der Waals surface area (Å²) in [6, 6.07) is 25.3. The monoisotopic (exact) mass is 361 g/mol. The van der Waals surface area contributed by atoms with Crippen LogP contribution in [-0.4, -0.2) is 17.4 Å². The van der Waals surface area contributed by atoms with Gasteiger partial charge in [-0.15, -0.1) is 11.8 Å². The van der Waals surface area contributed by atoms with Crippen LogP contribution in [-0.2, 0) is 4.79 Å². The van der Waals surface area contributed by atoms with Crippen LogP contribution in [0.1, 0.15) is 17.3 Å². The van der Waals surface area contributed by atoms with E-state index in [1.54, 1.807) is 0 Å². The molecule has 3 aromatic rings. The van der Waals surface area contributed by atoms with Gasteiger partial charge in [-0.1, -0.05) is 54.6 Å². The van der Waals surface area contributed by atoms with Gasteiger partial charge in [0.2, 0.25) is 5.91 Å². The van der Waals surface area contributed by atoms with Crippen molar-refractivity contribution in [3.8, 4) is 11.1 Å². The van der Waals surface area contributed by atoms with E-state index in [9.17, 15) is 9.59 Å². The fourth-order valence-electron chi connectivity index (χ4n) is 2.55. The molecule has 1 N–H and O–H groups in total. The number of amides is 1. The van der Waals surface area contributed by atoms with Crippen LogP contribution in [0, 0.1) is 0 Å². The second kappa shape index (κ2) is 8.50. The molecular weight excluding hydrogens is 342 g/mol. The molecule has 130 valence electrons. The van der Waals surface area contributed by atoms with Crippen LogP contribution in [0.5, 0.6) is 0 Å². The number of nitrogens with one attached hydrogen (secondary N) is 1. The molecule has 0 aromatic heterocycles. The predicted octanol–water partition coefficient (Wildman–Crippen LogP) is 5.29. The first kappa shape index (κ1) is 18.0. The molecule has 3 aromatic carbocycles. The Labute approximate surface area is 157 Å². The van der Waals surface area contributed by atoms with Gasteiger partial charge in [0.05, 0.1) is 5.75 Å². The number of carbonyl (C=O) groups excluding carboxylic acids is 2. The molecule has 26 heavy (non-hydrogen) atoms. The van der Waals surface area contributed by atoms with Crippen LogP contribution in [0.15, 0.2) is 83.8 Å². The summed E-state index contributed by atoms with van der Waals surface area (Å²) in [4.78, 5) is 24.4. The Balaban J connectivity index is 1.59. The Morgan fingerprint density at radius 1 is 0.808 bits per heavy atom. The number of hydrogen-bond acceptors (Lipinski definition) is 3. The zero-order valence-electron chi connectivity index (χ0n) is 14.4. The molecule has 0 spiro atoms. The van der Waals surface area contributed by atoms with Gasteiger partial charge in [-0.05, 0) is 35.4 Å². The number of carbonyl (C=O) groups is 2. The van der Waals surface area contributed by atoms with Gasteiger partial charge in [0, 0.05) is 23.1 Å². The molecule has 0 atom stereocenters. The molecule has 0 heterocycles. The smallest absolute Gasteiger partial charge is 0.221 e. The fraction of sp³-hybridized carbons (Fsp3) is 0.0909. The van der Waals surface area contributed by atoms with Crippen molar-refractivity contribution in [2.45, 2.75) is 11.8 Å². The summed E-state index contributed by atoms with van der Waals surface area (Å²) in [5.41, 5.74) is 3.71. The van der Waals surface area contributed by atoms with Gasteiger partial charge in [-0.25, -0.2) is 0 Å². The number of thioether (sulfide) groups is 1. The fourth-order valence-corrected chi connectivity index (χ4v) is 3.34. The topological polar surface area (TPSA) is 46.2 Å². The number of Topliss-reactive ketones (excluding diaryl/α,β-unsaturated/α-hetero) is 1. The quantitative estimate of drug-likeness (QED) is 0.479. The zero-order chi connectivity index (χ0) is 18.4. The van der Waals surface area contributed by atoms with Gasteiger partial charge in [0.15, 0.2) is 5.78 Å². The van der Waals surface area contributed by atoms with Crippen LogP contribution in [0.25, 0.3) is 11.1 Å². The van der Waals surface area contributed by atoms with E-state index >= 15 is 0 Å². The lowest BCUT2D eigenvalue weighted by Crippen LogP contribution is -2.05. The van der Waals surface area contributed by atoms with Crippen molar-refractivity contribution < 1.29 is 9.59 Å². The lowest BCUT2D eigenvalue weighted by atomic mass is 10.0. The highest BCUT2D eigenvalue weighted by molar-refractivity contribution is 8.00. The highest BCUT2D eigenvalue weighted by atomic mass is 32.2. The molecule has 0 aliphatic heterocycles. The molecule has 3 nitrogen and oxygen atoms in total. The van der Waals surface area contributed by atoms with Crippen molar-refractivity contribution in [3.05, 3.63) is 84.4 Å². The molecule has 0 fully saturated rings. The number of benzene rings is 3. The zero-order valence-corrected chi connectivity index (χ0v) is 15.3. The van der Waals surface area contributed by atoms with Crippen LogP contribution in [0.2, 0.25) is 0 Å². The van der Waals surface area contributed by atoms with Crippen molar-refractivity contribution in [1.29, 1.82) is 0 Å². The number of hydrogen-bond donors (Lipinski definition) is 1. The maximum Gasteiger partial charge on any atom is 0.221 e. The van der Waals surface area contributed by atoms with Crippen molar-refractivity contribution in [3.63, 3.8) is 0 Å². The first-order valence-electron chi connectivity index (χ1n) is 8.31. The third-order valence-corrected chi connectivity index (χ3v) is 4.87. The SMILES string of the molecule is CC(=O)Nc1ccc(SCC(=O)c2ccc(-c3ccccc3)cc2)cc1. The maximum absolute atomic E-state index is 12.4. The van der Waals surface area contributed by atoms with Crippen molar-refractivity contribution in [2.75, 3.05) is 11.1 Å². The Morgan fingerprint density at radius 2 is 1.42 bits per heavy atom. The van der Waals surface area contributed by atoms with E-state index in [4.69, 9.17) is 0 Å². The van der Waals surface area contributed by atoms with Gasteiger partial charge < -0.3 is 5.32 Å². The highest BCUT2D eigenvalue weighted by Crippen LogP contribution is 2.23. The second-order valence-corrected chi connectivity index (χ2v) is 6.91. The minimum absolute atomic E-state index is 0.0977. The molecular formula is C22H19NO2S. The van der Waals surface area contributed by atoms with E-state index in [0.29, 0.717) is 11.3 Å². The van der Waals surface area contributed by atoms with E-state index in [1.165, 1.54) is 18.7 Å². The minimum Gasteiger partial charge on any atom is -0.326 e. The first-order chi connectivity index (χ1) is 12.6. The molecule has 0 radical (unpaired) electrons. The van der Waals surface area contributed by atoms with E-state index in [-0.39, 0.29) is 11.7 Å². The molecule has 0 aliphatic carbocycles. The van der Waals surface area contributed by atoms with E-state index in [2.05, 4.69) is 17.4 Å². The molecule has 0 saturated heterocycles. The molecule has 0 bridgehead atoms. The lowest BCUT2D eigenvalue weighted by Gasteiger charge is -2.06. The minimum atomic E-state index is -0.0977. The first-order valence-corrected chi connectivity index (χ1v) is 9.29. The Bertz CT molecular complexity index is 888. The lowest BCUT2D eigenvalue weighted by molar-refractivity contribution is -0.114. The molecule has 1 amide bonds. The van der Waals surface area contributed by atoms with E-state index in [1.807, 2.05) is 66.7 Å². The van der Waals surface area contributed by atoms with Crippen molar-refractivity contribution in [2.24, 2.45) is 0 Å². The number of rotatable bonds is 6. The molecule has 0 saturated carbocycles. The summed E-state index contributed by atoms with van der Waals surface area (Å²) in [5.74, 6) is 0.379. The average molecular weight is 361 g/mol. The summed E-state index contributed by atoms with van der Waals surface area (Å²) in [5, 5.41) is 2.73. The van der Waals surface area contributed by atoms with Gasteiger partial charge >= 0.3 is 0 Å². The summed E-state index contributed by atoms with van der Waals surface area (Å²) in [6.45, 7) is 1.48. The number of ketones is 1. The standard InChI is InChI=1S/C22H19NO2S/c1-16(24)23-20-11-13-21(14-12-20)26-15-22(25)19-9-7-18(8-10-19)17-5-3-2-4-6-17/h2-14H,15H2,1H3,(H,23,24). The highest BCUT2D eigenvalue weighted by Gasteiger charge is 2.07. The van der Waals surface area contributed by atoms with Crippen LogP contribution < -0.4 is 5.32 Å². The summed E-state index contributed by atoms with van der Waals surface area (Å²) >= 11 is 1.49. The molecule has 0 aliphatic rings. The summed E-state index contributed by atoms with van der Waals surface area (Å²) in [7, 11) is 0. The largest absolute Gasteiger partial charge is 0.326 e. The molecule has 3 rings (SSSR count). The summed E-state index contributed by atoms with van der Waals surface area (Å²) < 4.78 is 0. The number of anilines is 1. The second-order valence-electron chi connectivity index (χ2n) is 5.86.